The molecule has 0 bridgehead atoms. The summed E-state index contributed by atoms with van der Waals surface area (Å²) >= 11 is 0. The number of amides is 1. The summed E-state index contributed by atoms with van der Waals surface area (Å²) in [5.74, 6) is -0.0967. The van der Waals surface area contributed by atoms with Gasteiger partial charge in [0, 0.05) is 12.3 Å². The summed E-state index contributed by atoms with van der Waals surface area (Å²) in [7, 11) is 0. The first-order chi connectivity index (χ1) is 10.3. The second-order valence-electron chi connectivity index (χ2n) is 5.76. The van der Waals surface area contributed by atoms with E-state index in [0.717, 1.165) is 38.0 Å². The molecule has 0 saturated carbocycles. The molecule has 0 aromatic carbocycles. The van der Waals surface area contributed by atoms with Crippen LogP contribution in [0, 0.1) is 0 Å². The van der Waals surface area contributed by atoms with Crippen molar-refractivity contribution in [3.63, 3.8) is 0 Å². The molecule has 2 heterocycles. The molecule has 1 aromatic heterocycles. The molecule has 1 atom stereocenters. The van der Waals surface area contributed by atoms with E-state index in [4.69, 9.17) is 9.47 Å². The Hall–Kier alpha value is -1.40. The highest BCUT2D eigenvalue weighted by Crippen LogP contribution is 2.22. The highest BCUT2D eigenvalue weighted by molar-refractivity contribution is 5.77. The van der Waals surface area contributed by atoms with Gasteiger partial charge in [-0.1, -0.05) is 0 Å². The second-order valence-corrected chi connectivity index (χ2v) is 5.76. The van der Waals surface area contributed by atoms with E-state index < -0.39 is 0 Å². The second kappa shape index (κ2) is 7.04. The van der Waals surface area contributed by atoms with Gasteiger partial charge in [-0.15, -0.1) is 0 Å². The number of rotatable bonds is 6. The van der Waals surface area contributed by atoms with Crippen LogP contribution in [0.5, 0.6) is 0 Å². The first-order valence-corrected chi connectivity index (χ1v) is 7.84. The normalized spacial score (nSPS) is 21.2. The zero-order chi connectivity index (χ0) is 14.5. The van der Waals surface area contributed by atoms with Gasteiger partial charge < -0.3 is 14.8 Å². The molecule has 2 aliphatic rings. The van der Waals surface area contributed by atoms with E-state index in [2.05, 4.69) is 15.5 Å². The molecule has 116 valence electrons. The smallest absolute Gasteiger partial charge is 0.246 e. The van der Waals surface area contributed by atoms with Crippen LogP contribution in [-0.2, 0) is 33.7 Å². The summed E-state index contributed by atoms with van der Waals surface area (Å²) in [6, 6.07) is 0. The number of carbonyl (C=O) groups is 1. The van der Waals surface area contributed by atoms with E-state index in [1.807, 2.05) is 0 Å². The SMILES string of the molecule is O=C(COCC1CCCCO1)NCc1n[nH]c2c1CCC2. The summed E-state index contributed by atoms with van der Waals surface area (Å²) < 4.78 is 11.0. The van der Waals surface area contributed by atoms with Crippen LogP contribution < -0.4 is 5.32 Å². The molecule has 0 radical (unpaired) electrons. The third-order valence-corrected chi connectivity index (χ3v) is 4.16. The van der Waals surface area contributed by atoms with E-state index in [-0.39, 0.29) is 18.6 Å². The minimum atomic E-state index is -0.0967. The molecule has 6 nitrogen and oxygen atoms in total. The van der Waals surface area contributed by atoms with Crippen molar-refractivity contribution in [2.45, 2.75) is 51.2 Å². The molecule has 1 saturated heterocycles. The van der Waals surface area contributed by atoms with Gasteiger partial charge in [-0.05, 0) is 44.1 Å². The summed E-state index contributed by atoms with van der Waals surface area (Å²) in [5, 5.41) is 10.2. The Morgan fingerprint density at radius 2 is 2.33 bits per heavy atom. The zero-order valence-electron chi connectivity index (χ0n) is 12.3. The Kier molecular flexibility index (Phi) is 4.87. The minimum absolute atomic E-state index is 0.0898. The number of aromatic amines is 1. The van der Waals surface area contributed by atoms with Crippen LogP contribution >= 0.6 is 0 Å². The number of ether oxygens (including phenoxy) is 2. The lowest BCUT2D eigenvalue weighted by molar-refractivity contribution is -0.128. The number of fused-ring (bicyclic) bond motifs is 1. The number of nitrogens with one attached hydrogen (secondary N) is 2. The third kappa shape index (κ3) is 3.83. The van der Waals surface area contributed by atoms with Gasteiger partial charge in [0.2, 0.25) is 5.91 Å². The number of carbonyl (C=O) groups excluding carboxylic acids is 1. The number of H-pyrrole nitrogens is 1. The first-order valence-electron chi connectivity index (χ1n) is 7.84. The topological polar surface area (TPSA) is 76.2 Å². The van der Waals surface area contributed by atoms with Crippen molar-refractivity contribution in [2.75, 3.05) is 19.8 Å². The Morgan fingerprint density at radius 3 is 3.19 bits per heavy atom. The Labute approximate surface area is 124 Å². The lowest BCUT2D eigenvalue weighted by atomic mass is 10.1. The molecule has 3 rings (SSSR count). The maximum Gasteiger partial charge on any atom is 0.246 e. The van der Waals surface area contributed by atoms with E-state index >= 15 is 0 Å². The molecule has 1 amide bonds. The molecular formula is C15H23N3O3. The molecule has 1 aromatic rings. The van der Waals surface area contributed by atoms with E-state index in [1.165, 1.54) is 24.1 Å². The molecule has 1 fully saturated rings. The van der Waals surface area contributed by atoms with Crippen LogP contribution in [0.3, 0.4) is 0 Å². The maximum atomic E-state index is 11.8. The summed E-state index contributed by atoms with van der Waals surface area (Å²) in [5.41, 5.74) is 3.48. The minimum Gasteiger partial charge on any atom is -0.376 e. The van der Waals surface area contributed by atoms with Crippen LogP contribution in [0.2, 0.25) is 0 Å². The van der Waals surface area contributed by atoms with Gasteiger partial charge in [0.1, 0.15) is 6.61 Å². The van der Waals surface area contributed by atoms with Crippen molar-refractivity contribution in [2.24, 2.45) is 0 Å². The summed E-state index contributed by atoms with van der Waals surface area (Å²) in [6.07, 6.45) is 6.81. The quantitative estimate of drug-likeness (QED) is 0.823. The fourth-order valence-corrected chi connectivity index (χ4v) is 2.99. The number of hydrogen-bond donors (Lipinski definition) is 2. The Balaban J connectivity index is 1.34. The molecular weight excluding hydrogens is 270 g/mol. The van der Waals surface area contributed by atoms with Gasteiger partial charge in [0.25, 0.3) is 0 Å². The van der Waals surface area contributed by atoms with Crippen molar-refractivity contribution in [3.05, 3.63) is 17.0 Å². The Morgan fingerprint density at radius 1 is 1.38 bits per heavy atom. The molecule has 1 aliphatic heterocycles. The standard InChI is InChI=1S/C15H23N3O3/c19-15(10-20-9-11-4-1-2-7-21-11)16-8-14-12-5-3-6-13(12)17-18-14/h11H,1-10H2,(H,16,19)(H,17,18). The predicted octanol–water partition coefficient (Wildman–Crippen LogP) is 1.10. The fraction of sp³-hybridized carbons (Fsp3) is 0.733. The van der Waals surface area contributed by atoms with Crippen LogP contribution in [0.15, 0.2) is 0 Å². The van der Waals surface area contributed by atoms with E-state index in [1.54, 1.807) is 0 Å². The van der Waals surface area contributed by atoms with E-state index in [0.29, 0.717) is 13.2 Å². The van der Waals surface area contributed by atoms with Gasteiger partial charge in [-0.25, -0.2) is 0 Å². The lowest BCUT2D eigenvalue weighted by Crippen LogP contribution is -2.30. The number of hydrogen-bond acceptors (Lipinski definition) is 4. The van der Waals surface area contributed by atoms with Crippen molar-refractivity contribution < 1.29 is 14.3 Å². The average Bonchev–Trinajstić information content (AvgIpc) is 3.10. The van der Waals surface area contributed by atoms with Gasteiger partial charge in [-0.2, -0.15) is 5.10 Å². The largest absolute Gasteiger partial charge is 0.376 e. The molecule has 1 unspecified atom stereocenters. The predicted molar refractivity (Wildman–Crippen MR) is 76.9 cm³/mol. The number of nitrogens with zero attached hydrogens (tertiary/aromatic N) is 1. The zero-order valence-corrected chi connectivity index (χ0v) is 12.3. The van der Waals surface area contributed by atoms with Crippen LogP contribution in [0.25, 0.3) is 0 Å². The number of aromatic nitrogens is 2. The monoisotopic (exact) mass is 293 g/mol. The van der Waals surface area contributed by atoms with Crippen molar-refractivity contribution in [1.82, 2.24) is 15.5 Å². The van der Waals surface area contributed by atoms with Gasteiger partial charge in [-0.3, -0.25) is 9.89 Å². The van der Waals surface area contributed by atoms with E-state index in [9.17, 15) is 4.79 Å². The summed E-state index contributed by atoms with van der Waals surface area (Å²) in [4.78, 5) is 11.8. The molecule has 1 aliphatic carbocycles. The summed E-state index contributed by atoms with van der Waals surface area (Å²) in [6.45, 7) is 1.89. The fourth-order valence-electron chi connectivity index (χ4n) is 2.99. The van der Waals surface area contributed by atoms with Crippen molar-refractivity contribution >= 4 is 5.91 Å². The maximum absolute atomic E-state index is 11.8. The van der Waals surface area contributed by atoms with Crippen LogP contribution in [0.1, 0.15) is 42.6 Å². The molecule has 6 heteroatoms. The van der Waals surface area contributed by atoms with Crippen LogP contribution in [0.4, 0.5) is 0 Å². The highest BCUT2D eigenvalue weighted by Gasteiger charge is 2.18. The van der Waals surface area contributed by atoms with Crippen molar-refractivity contribution in [1.29, 1.82) is 0 Å². The first kappa shape index (κ1) is 14.5. The molecule has 21 heavy (non-hydrogen) atoms. The van der Waals surface area contributed by atoms with Crippen LogP contribution in [-0.4, -0.2) is 42.0 Å². The number of aryl methyl sites for hydroxylation is 1. The molecule has 2 N–H and O–H groups in total. The Bertz CT molecular complexity index is 481. The average molecular weight is 293 g/mol. The van der Waals surface area contributed by atoms with Gasteiger partial charge >= 0.3 is 0 Å². The van der Waals surface area contributed by atoms with Gasteiger partial charge in [0.05, 0.1) is 24.9 Å². The van der Waals surface area contributed by atoms with Gasteiger partial charge in [0.15, 0.2) is 0 Å². The lowest BCUT2D eigenvalue weighted by Gasteiger charge is -2.22. The molecule has 0 spiro atoms. The van der Waals surface area contributed by atoms with Crippen molar-refractivity contribution in [3.8, 4) is 0 Å². The third-order valence-electron chi connectivity index (χ3n) is 4.16. The highest BCUT2D eigenvalue weighted by atomic mass is 16.5.